The molecule has 1 unspecified atom stereocenters. The second-order valence-electron chi connectivity index (χ2n) is 5.25. The molecule has 0 aromatic carbocycles. The normalized spacial score (nSPS) is 14.7. The first-order chi connectivity index (χ1) is 7.95. The molecular weight excluding hydrogens is 208 g/mol. The van der Waals surface area contributed by atoms with E-state index in [-0.39, 0.29) is 5.41 Å². The van der Waals surface area contributed by atoms with Crippen LogP contribution in [-0.2, 0) is 4.74 Å². The van der Waals surface area contributed by atoms with Crippen LogP contribution < -0.4 is 0 Å². The van der Waals surface area contributed by atoms with E-state index >= 15 is 0 Å². The average molecular weight is 234 g/mol. The minimum absolute atomic E-state index is 0.000810. The third-order valence-electron chi connectivity index (χ3n) is 3.19. The van der Waals surface area contributed by atoms with Gasteiger partial charge < -0.3 is 4.74 Å². The zero-order valence-corrected chi connectivity index (χ0v) is 11.6. The van der Waals surface area contributed by atoms with Crippen LogP contribution >= 0.6 is 0 Å². The van der Waals surface area contributed by atoms with E-state index in [4.69, 9.17) is 11.2 Å². The molecule has 0 saturated heterocycles. The zero-order valence-electron chi connectivity index (χ0n) is 11.6. The number of methoxy groups -OCH3 is 1. The van der Waals surface area contributed by atoms with Crippen LogP contribution in [-0.4, -0.2) is 12.7 Å². The predicted molar refractivity (Wildman–Crippen MR) is 75.8 cm³/mol. The number of rotatable bonds is 9. The molecule has 0 fully saturated rings. The summed E-state index contributed by atoms with van der Waals surface area (Å²) in [7, 11) is 1.70. The van der Waals surface area contributed by atoms with Crippen molar-refractivity contribution in [3.63, 3.8) is 0 Å². The Morgan fingerprint density at radius 1 is 1.29 bits per heavy atom. The van der Waals surface area contributed by atoms with Crippen molar-refractivity contribution in [1.82, 2.24) is 0 Å². The molecule has 0 aromatic heterocycles. The Bertz CT molecular complexity index is 282. The van der Waals surface area contributed by atoms with Crippen molar-refractivity contribution in [3.8, 4) is 12.3 Å². The van der Waals surface area contributed by atoms with Gasteiger partial charge in [-0.05, 0) is 37.5 Å². The van der Waals surface area contributed by atoms with E-state index in [2.05, 4.69) is 32.9 Å². The highest BCUT2D eigenvalue weighted by molar-refractivity contribution is 5.12. The van der Waals surface area contributed by atoms with E-state index in [0.29, 0.717) is 0 Å². The summed E-state index contributed by atoms with van der Waals surface area (Å²) in [5.74, 6) is 2.84. The summed E-state index contributed by atoms with van der Waals surface area (Å²) >= 11 is 0. The van der Waals surface area contributed by atoms with E-state index in [9.17, 15) is 0 Å². The lowest BCUT2D eigenvalue weighted by Gasteiger charge is -2.34. The van der Waals surface area contributed by atoms with Gasteiger partial charge in [0, 0.05) is 7.11 Å². The summed E-state index contributed by atoms with van der Waals surface area (Å²) in [6.45, 7) is 11.8. The molecular formula is C16H26O. The van der Waals surface area contributed by atoms with Crippen LogP contribution in [0.2, 0.25) is 0 Å². The molecule has 0 aliphatic heterocycles. The highest BCUT2D eigenvalue weighted by Gasteiger charge is 2.32. The first-order valence-electron chi connectivity index (χ1n) is 6.23. The summed E-state index contributed by atoms with van der Waals surface area (Å²) in [5, 5.41) is 0. The topological polar surface area (TPSA) is 9.23 Å². The van der Waals surface area contributed by atoms with Gasteiger partial charge in [-0.2, -0.15) is 0 Å². The van der Waals surface area contributed by atoms with Gasteiger partial charge in [0.05, 0.1) is 0 Å². The molecule has 0 saturated carbocycles. The minimum atomic E-state index is -0.459. The summed E-state index contributed by atoms with van der Waals surface area (Å²) in [5.41, 5.74) is -0.459. The SMILES string of the molecule is C#CC(CCCCC=C)(CC(C)(C)C=C)OC. The number of hydrogen-bond acceptors (Lipinski definition) is 1. The van der Waals surface area contributed by atoms with E-state index in [1.807, 2.05) is 12.2 Å². The van der Waals surface area contributed by atoms with Crippen LogP contribution in [0.1, 0.15) is 46.0 Å². The molecule has 0 bridgehead atoms. The molecule has 1 heteroatoms. The van der Waals surface area contributed by atoms with Crippen LogP contribution in [0.4, 0.5) is 0 Å². The quantitative estimate of drug-likeness (QED) is 0.327. The Balaban J connectivity index is 4.51. The Morgan fingerprint density at radius 2 is 1.94 bits per heavy atom. The van der Waals surface area contributed by atoms with Crippen molar-refractivity contribution in [1.29, 1.82) is 0 Å². The van der Waals surface area contributed by atoms with E-state index < -0.39 is 5.60 Å². The van der Waals surface area contributed by atoms with Gasteiger partial charge in [-0.15, -0.1) is 19.6 Å². The van der Waals surface area contributed by atoms with Crippen molar-refractivity contribution in [2.45, 2.75) is 51.6 Å². The van der Waals surface area contributed by atoms with E-state index in [1.54, 1.807) is 7.11 Å². The van der Waals surface area contributed by atoms with Crippen LogP contribution in [0.25, 0.3) is 0 Å². The molecule has 0 spiro atoms. The Morgan fingerprint density at radius 3 is 2.35 bits per heavy atom. The van der Waals surface area contributed by atoms with Crippen molar-refractivity contribution in [3.05, 3.63) is 25.3 Å². The third kappa shape index (κ3) is 5.75. The van der Waals surface area contributed by atoms with Crippen LogP contribution in [0.3, 0.4) is 0 Å². The largest absolute Gasteiger partial charge is 0.366 e. The van der Waals surface area contributed by atoms with Gasteiger partial charge in [0.2, 0.25) is 0 Å². The summed E-state index contributed by atoms with van der Waals surface area (Å²) in [4.78, 5) is 0. The monoisotopic (exact) mass is 234 g/mol. The Hall–Kier alpha value is -1.00. The van der Waals surface area contributed by atoms with Crippen LogP contribution in [0.15, 0.2) is 25.3 Å². The number of allylic oxidation sites excluding steroid dienone is 2. The van der Waals surface area contributed by atoms with Gasteiger partial charge in [0.15, 0.2) is 0 Å². The fourth-order valence-corrected chi connectivity index (χ4v) is 1.95. The second kappa shape index (κ2) is 7.35. The fourth-order valence-electron chi connectivity index (χ4n) is 1.95. The predicted octanol–water partition coefficient (Wildman–Crippen LogP) is 4.35. The molecule has 0 radical (unpaired) electrons. The maximum Gasteiger partial charge on any atom is 0.128 e. The lowest BCUT2D eigenvalue weighted by molar-refractivity contribution is 0.00466. The van der Waals surface area contributed by atoms with Crippen molar-refractivity contribution >= 4 is 0 Å². The van der Waals surface area contributed by atoms with Gasteiger partial charge in [-0.1, -0.05) is 31.9 Å². The minimum Gasteiger partial charge on any atom is -0.366 e. The molecule has 0 rings (SSSR count). The zero-order chi connectivity index (χ0) is 13.4. The number of ether oxygens (including phenoxy) is 1. The maximum absolute atomic E-state index is 5.67. The number of terminal acetylenes is 1. The molecule has 96 valence electrons. The molecule has 0 aromatic rings. The first kappa shape index (κ1) is 16.0. The summed E-state index contributed by atoms with van der Waals surface area (Å²) in [6, 6.07) is 0. The van der Waals surface area contributed by atoms with Gasteiger partial charge in [0.25, 0.3) is 0 Å². The second-order valence-corrected chi connectivity index (χ2v) is 5.25. The highest BCUT2D eigenvalue weighted by atomic mass is 16.5. The lowest BCUT2D eigenvalue weighted by atomic mass is 9.78. The van der Waals surface area contributed by atoms with Crippen LogP contribution in [0.5, 0.6) is 0 Å². The fraction of sp³-hybridized carbons (Fsp3) is 0.625. The molecule has 0 aliphatic carbocycles. The van der Waals surface area contributed by atoms with E-state index in [1.165, 1.54) is 0 Å². The average Bonchev–Trinajstić information content (AvgIpc) is 2.33. The maximum atomic E-state index is 5.67. The van der Waals surface area contributed by atoms with Crippen molar-refractivity contribution in [2.75, 3.05) is 7.11 Å². The molecule has 17 heavy (non-hydrogen) atoms. The van der Waals surface area contributed by atoms with Crippen molar-refractivity contribution in [2.24, 2.45) is 5.41 Å². The van der Waals surface area contributed by atoms with Gasteiger partial charge in [0.1, 0.15) is 5.60 Å². The standard InChI is InChI=1S/C16H26O/c1-7-10-11-12-13-16(9-3,17-6)14-15(4,5)8-2/h3,7-8H,1-2,10-14H2,4-6H3. The van der Waals surface area contributed by atoms with Crippen LogP contribution in [0, 0.1) is 17.8 Å². The van der Waals surface area contributed by atoms with Gasteiger partial charge >= 0.3 is 0 Å². The Kier molecular flexibility index (Phi) is 6.92. The molecule has 0 aliphatic rings. The van der Waals surface area contributed by atoms with E-state index in [0.717, 1.165) is 32.1 Å². The van der Waals surface area contributed by atoms with Gasteiger partial charge in [-0.3, -0.25) is 0 Å². The molecule has 0 amide bonds. The molecule has 1 atom stereocenters. The van der Waals surface area contributed by atoms with Gasteiger partial charge in [-0.25, -0.2) is 0 Å². The Labute approximate surface area is 107 Å². The first-order valence-corrected chi connectivity index (χ1v) is 6.23. The molecule has 1 nitrogen and oxygen atoms in total. The smallest absolute Gasteiger partial charge is 0.128 e. The summed E-state index contributed by atoms with van der Waals surface area (Å²) in [6.07, 6.45) is 14.5. The van der Waals surface area contributed by atoms with Crippen molar-refractivity contribution < 1.29 is 4.74 Å². The lowest BCUT2D eigenvalue weighted by Crippen LogP contribution is -2.34. The number of hydrogen-bond donors (Lipinski definition) is 0. The summed E-state index contributed by atoms with van der Waals surface area (Å²) < 4.78 is 5.60. The third-order valence-corrected chi connectivity index (χ3v) is 3.19. The highest BCUT2D eigenvalue weighted by Crippen LogP contribution is 2.34. The molecule has 0 heterocycles. The molecule has 0 N–H and O–H groups in total. The number of unbranched alkanes of at least 4 members (excludes halogenated alkanes) is 2.